The average Bonchev–Trinajstić information content (AvgIpc) is 3.21. The molecule has 0 bridgehead atoms. The van der Waals surface area contributed by atoms with Crippen LogP contribution in [-0.2, 0) is 33.5 Å². The first kappa shape index (κ1) is 43.8. The normalized spacial score (nSPS) is 20.4. The highest BCUT2D eigenvalue weighted by molar-refractivity contribution is 8.00. The molecule has 1 saturated heterocycles. The van der Waals surface area contributed by atoms with Crippen molar-refractivity contribution in [3.05, 3.63) is 108 Å². The van der Waals surface area contributed by atoms with Gasteiger partial charge in [0.1, 0.15) is 12.1 Å². The van der Waals surface area contributed by atoms with Crippen LogP contribution < -0.4 is 16.0 Å². The van der Waals surface area contributed by atoms with Crippen LogP contribution in [0.4, 0.5) is 0 Å². The van der Waals surface area contributed by atoms with E-state index in [9.17, 15) is 28.8 Å². The molecule has 0 spiro atoms. The minimum absolute atomic E-state index is 0.0934. The number of amides is 5. The van der Waals surface area contributed by atoms with E-state index in [1.165, 1.54) is 35.7 Å². The molecule has 3 N–H and O–H groups in total. The number of unbranched alkanes of at least 4 members (excludes halogenated alkanes) is 2. The van der Waals surface area contributed by atoms with Crippen molar-refractivity contribution < 1.29 is 28.8 Å². The Labute approximate surface area is 335 Å². The minimum atomic E-state index is -1.11. The predicted octanol–water partition coefficient (Wildman–Crippen LogP) is 4.93. The molecule has 0 saturated carbocycles. The zero-order valence-corrected chi connectivity index (χ0v) is 34.1. The molecule has 0 unspecified atom stereocenters. The highest BCUT2D eigenvalue weighted by atomic mass is 32.2. The van der Waals surface area contributed by atoms with Crippen molar-refractivity contribution in [2.45, 2.75) is 76.1 Å². The molecule has 4 atom stereocenters. The van der Waals surface area contributed by atoms with Crippen molar-refractivity contribution in [1.82, 2.24) is 25.8 Å². The van der Waals surface area contributed by atoms with Gasteiger partial charge >= 0.3 is 0 Å². The zero-order valence-electron chi connectivity index (χ0n) is 33.3. The van der Waals surface area contributed by atoms with E-state index < -0.39 is 46.4 Å². The number of ketones is 1. The molecule has 1 aliphatic heterocycles. The first-order valence-electron chi connectivity index (χ1n) is 19.6. The number of benzene rings is 3. The fourth-order valence-corrected chi connectivity index (χ4v) is 8.71. The van der Waals surface area contributed by atoms with E-state index in [4.69, 9.17) is 0 Å². The molecule has 1 fully saturated rings. The van der Waals surface area contributed by atoms with E-state index in [0.29, 0.717) is 12.8 Å². The fourth-order valence-electron chi connectivity index (χ4n) is 7.15. The van der Waals surface area contributed by atoms with Crippen LogP contribution in [0.1, 0.15) is 76.0 Å². The van der Waals surface area contributed by atoms with Crippen LogP contribution in [0.2, 0.25) is 0 Å². The molecule has 4 rings (SSSR count). The summed E-state index contributed by atoms with van der Waals surface area (Å²) >= 11 is 1.48. The maximum Gasteiger partial charge on any atom is 0.245 e. The standard InChI is InChI=1S/C44H57N5O6S/c1-6-8-12-19-31(3)40-43(55)49(5)28-38(51)46-37(41(53)45-27-36(50)26-32(7-2)42(54)48(4)29-39(52)47-40)30-56-44(33-20-13-9-14-21-33,34-22-15-10-16-23-34)35-24-17-11-18-25-35/h9-11,13-18,20-25,31-32,37,40H,6-8,12,19,26-30H2,1-5H3,(H,45,53)(H,46,51)(H,47,52)/t31-,32+,37-,40-/m0/s1. The van der Waals surface area contributed by atoms with Crippen LogP contribution >= 0.6 is 11.8 Å². The number of hydrogen-bond acceptors (Lipinski definition) is 7. The number of thioether (sulfide) groups is 1. The molecule has 11 nitrogen and oxygen atoms in total. The average molecular weight is 784 g/mol. The van der Waals surface area contributed by atoms with Crippen LogP contribution in [0, 0.1) is 11.8 Å². The van der Waals surface area contributed by atoms with E-state index in [0.717, 1.165) is 36.0 Å². The van der Waals surface area contributed by atoms with E-state index in [-0.39, 0.29) is 49.4 Å². The summed E-state index contributed by atoms with van der Waals surface area (Å²) in [7, 11) is 2.99. The Bertz CT molecular complexity index is 1680. The van der Waals surface area contributed by atoms with Gasteiger partial charge in [0.05, 0.1) is 24.4 Å². The summed E-state index contributed by atoms with van der Waals surface area (Å²) in [5.74, 6) is -3.69. The van der Waals surface area contributed by atoms with Crippen LogP contribution in [-0.4, -0.2) is 96.7 Å². The maximum absolute atomic E-state index is 14.0. The van der Waals surface area contributed by atoms with E-state index in [1.807, 2.05) is 97.9 Å². The molecule has 300 valence electrons. The molecular formula is C44H57N5O6S. The number of Topliss-reactive ketones (excluding diaryl/α,β-unsaturated/α-hetero) is 1. The van der Waals surface area contributed by atoms with Gasteiger partial charge in [-0.25, -0.2) is 0 Å². The number of nitrogens with zero attached hydrogens (tertiary/aromatic N) is 2. The monoisotopic (exact) mass is 783 g/mol. The Morgan fingerprint density at radius 1 is 0.714 bits per heavy atom. The summed E-state index contributed by atoms with van der Waals surface area (Å²) in [4.78, 5) is 84.4. The van der Waals surface area contributed by atoms with Crippen molar-refractivity contribution in [1.29, 1.82) is 0 Å². The van der Waals surface area contributed by atoms with Gasteiger partial charge in [0.2, 0.25) is 29.5 Å². The van der Waals surface area contributed by atoms with Gasteiger partial charge in [-0.15, -0.1) is 11.8 Å². The van der Waals surface area contributed by atoms with Crippen LogP contribution in [0.15, 0.2) is 91.0 Å². The number of nitrogens with one attached hydrogen (secondary N) is 3. The number of carbonyl (C=O) groups is 6. The molecule has 12 heteroatoms. The Balaban J connectivity index is 1.71. The van der Waals surface area contributed by atoms with Gasteiger partial charge < -0.3 is 25.8 Å². The number of carbonyl (C=O) groups excluding carboxylic acids is 6. The zero-order chi connectivity index (χ0) is 40.7. The van der Waals surface area contributed by atoms with Crippen molar-refractivity contribution in [2.24, 2.45) is 11.8 Å². The SMILES string of the molecule is CCCCC[C@H](C)[C@@H]1NC(=O)CN(C)C(=O)[C@H](CC)CC(=O)CNC(=O)[C@H](CSC(c2ccccc2)(c2ccccc2)c2ccccc2)NC(=O)CN(C)C1=O. The number of likely N-dealkylation sites (N-methyl/N-ethyl adjacent to an activating group) is 2. The van der Waals surface area contributed by atoms with Gasteiger partial charge in [0.15, 0.2) is 5.78 Å². The lowest BCUT2D eigenvalue weighted by atomic mass is 9.84. The van der Waals surface area contributed by atoms with Crippen molar-refractivity contribution >= 4 is 47.1 Å². The van der Waals surface area contributed by atoms with Gasteiger partial charge in [0.25, 0.3) is 0 Å². The molecule has 0 radical (unpaired) electrons. The molecule has 56 heavy (non-hydrogen) atoms. The third-order valence-corrected chi connectivity index (χ3v) is 12.0. The van der Waals surface area contributed by atoms with Crippen molar-refractivity contribution in [2.75, 3.05) is 39.5 Å². The molecule has 0 aromatic heterocycles. The van der Waals surface area contributed by atoms with E-state index >= 15 is 0 Å². The Kier molecular flexibility index (Phi) is 16.7. The van der Waals surface area contributed by atoms with Crippen molar-refractivity contribution in [3.63, 3.8) is 0 Å². The highest BCUT2D eigenvalue weighted by Gasteiger charge is 2.39. The van der Waals surface area contributed by atoms with Gasteiger partial charge in [-0.2, -0.15) is 0 Å². The maximum atomic E-state index is 14.0. The highest BCUT2D eigenvalue weighted by Crippen LogP contribution is 2.48. The number of rotatable bonds is 12. The summed E-state index contributed by atoms with van der Waals surface area (Å²) in [6, 6.07) is 27.8. The van der Waals surface area contributed by atoms with Crippen LogP contribution in [0.25, 0.3) is 0 Å². The summed E-state index contributed by atoms with van der Waals surface area (Å²) in [5.41, 5.74) is 2.91. The third kappa shape index (κ3) is 11.5. The molecule has 1 aliphatic rings. The second-order valence-corrected chi connectivity index (χ2v) is 15.9. The smallest absolute Gasteiger partial charge is 0.245 e. The van der Waals surface area contributed by atoms with Gasteiger partial charge in [-0.3, -0.25) is 28.8 Å². The first-order chi connectivity index (χ1) is 26.9. The second-order valence-electron chi connectivity index (χ2n) is 14.7. The lowest BCUT2D eigenvalue weighted by Gasteiger charge is -2.36. The van der Waals surface area contributed by atoms with E-state index in [2.05, 4.69) is 22.9 Å². The van der Waals surface area contributed by atoms with Crippen LogP contribution in [0.5, 0.6) is 0 Å². The molecular weight excluding hydrogens is 727 g/mol. The molecule has 3 aromatic rings. The summed E-state index contributed by atoms with van der Waals surface area (Å²) in [6.45, 7) is 4.74. The van der Waals surface area contributed by atoms with Gasteiger partial charge in [-0.1, -0.05) is 131 Å². The Morgan fingerprint density at radius 3 is 1.71 bits per heavy atom. The van der Waals surface area contributed by atoms with Crippen LogP contribution in [0.3, 0.4) is 0 Å². The summed E-state index contributed by atoms with van der Waals surface area (Å²) in [5, 5.41) is 8.43. The Hall–Kier alpha value is -4.97. The predicted molar refractivity (Wildman–Crippen MR) is 221 cm³/mol. The summed E-state index contributed by atoms with van der Waals surface area (Å²) in [6.07, 6.45) is 3.70. The lowest BCUT2D eigenvalue weighted by Crippen LogP contribution is -2.56. The Morgan fingerprint density at radius 2 is 1.21 bits per heavy atom. The molecule has 3 aromatic carbocycles. The third-order valence-electron chi connectivity index (χ3n) is 10.4. The quantitative estimate of drug-likeness (QED) is 0.175. The molecule has 1 heterocycles. The van der Waals surface area contributed by atoms with Crippen molar-refractivity contribution in [3.8, 4) is 0 Å². The fraction of sp³-hybridized carbons (Fsp3) is 0.455. The summed E-state index contributed by atoms with van der Waals surface area (Å²) < 4.78 is -0.802. The number of hydrogen-bond donors (Lipinski definition) is 3. The largest absolute Gasteiger partial charge is 0.347 e. The molecule has 5 amide bonds. The van der Waals surface area contributed by atoms with Gasteiger partial charge in [0, 0.05) is 32.2 Å². The topological polar surface area (TPSA) is 145 Å². The molecule has 0 aliphatic carbocycles. The van der Waals surface area contributed by atoms with Gasteiger partial charge in [-0.05, 0) is 35.4 Å². The second kappa shape index (κ2) is 21.4. The minimum Gasteiger partial charge on any atom is -0.347 e. The first-order valence-corrected chi connectivity index (χ1v) is 20.6. The lowest BCUT2D eigenvalue weighted by molar-refractivity contribution is -0.142. The van der Waals surface area contributed by atoms with E-state index in [1.54, 1.807) is 6.92 Å².